The molecule has 0 heterocycles. The maximum atomic E-state index is 13.2. The molecular formula is C15H21F2NO2. The lowest BCUT2D eigenvalue weighted by Crippen LogP contribution is -2.43. The van der Waals surface area contributed by atoms with Gasteiger partial charge in [-0.15, -0.1) is 0 Å². The molecule has 1 aromatic rings. The van der Waals surface area contributed by atoms with Crippen LogP contribution in [0.1, 0.15) is 38.8 Å². The van der Waals surface area contributed by atoms with Crippen molar-refractivity contribution in [2.24, 2.45) is 5.92 Å². The average Bonchev–Trinajstić information content (AvgIpc) is 2.45. The molecule has 1 rings (SSSR count). The van der Waals surface area contributed by atoms with Crippen molar-refractivity contribution in [3.8, 4) is 0 Å². The Balaban J connectivity index is 2.86. The fourth-order valence-corrected chi connectivity index (χ4v) is 1.97. The summed E-state index contributed by atoms with van der Waals surface area (Å²) in [4.78, 5) is 11.8. The van der Waals surface area contributed by atoms with Crippen LogP contribution in [0.25, 0.3) is 0 Å². The van der Waals surface area contributed by atoms with Crippen molar-refractivity contribution in [1.82, 2.24) is 5.32 Å². The van der Waals surface area contributed by atoms with E-state index in [9.17, 15) is 13.6 Å². The molecule has 112 valence electrons. The number of hydrogen-bond donors (Lipinski definition) is 1. The number of nitrogens with one attached hydrogen (secondary N) is 1. The van der Waals surface area contributed by atoms with Crippen LogP contribution in [0, 0.1) is 17.6 Å². The molecule has 0 aromatic heterocycles. The summed E-state index contributed by atoms with van der Waals surface area (Å²) in [5, 5.41) is 3.12. The second-order valence-electron chi connectivity index (χ2n) is 4.95. The van der Waals surface area contributed by atoms with Gasteiger partial charge in [-0.25, -0.2) is 8.78 Å². The van der Waals surface area contributed by atoms with Crippen LogP contribution in [0.2, 0.25) is 0 Å². The molecule has 3 nitrogen and oxygen atoms in total. The summed E-state index contributed by atoms with van der Waals surface area (Å²) < 4.78 is 30.9. The minimum Gasteiger partial charge on any atom is -0.468 e. The first-order valence-corrected chi connectivity index (χ1v) is 6.69. The van der Waals surface area contributed by atoms with Crippen molar-refractivity contribution in [1.29, 1.82) is 0 Å². The number of esters is 1. The summed E-state index contributed by atoms with van der Waals surface area (Å²) in [5.41, 5.74) is 0.584. The zero-order chi connectivity index (χ0) is 15.3. The third-order valence-electron chi connectivity index (χ3n) is 3.54. The largest absolute Gasteiger partial charge is 0.468 e. The Morgan fingerprint density at radius 1 is 1.30 bits per heavy atom. The lowest BCUT2D eigenvalue weighted by atomic mass is 9.97. The van der Waals surface area contributed by atoms with Gasteiger partial charge in [0.25, 0.3) is 0 Å². The third kappa shape index (κ3) is 4.00. The normalized spacial score (nSPS) is 15.5. The van der Waals surface area contributed by atoms with Crippen molar-refractivity contribution in [3.63, 3.8) is 0 Å². The summed E-state index contributed by atoms with van der Waals surface area (Å²) in [6.45, 7) is 5.71. The van der Waals surface area contributed by atoms with Gasteiger partial charge in [-0.1, -0.05) is 26.3 Å². The number of carbonyl (C=O) groups excluding carboxylic acids is 1. The first-order chi connectivity index (χ1) is 9.40. The number of halogens is 2. The Morgan fingerprint density at radius 3 is 2.45 bits per heavy atom. The highest BCUT2D eigenvalue weighted by atomic mass is 19.2. The van der Waals surface area contributed by atoms with Gasteiger partial charge >= 0.3 is 5.97 Å². The summed E-state index contributed by atoms with van der Waals surface area (Å²) in [6, 6.07) is 2.95. The Hall–Kier alpha value is -1.49. The van der Waals surface area contributed by atoms with Gasteiger partial charge in [0.15, 0.2) is 11.6 Å². The maximum absolute atomic E-state index is 13.2. The van der Waals surface area contributed by atoms with Gasteiger partial charge in [-0.3, -0.25) is 10.1 Å². The van der Waals surface area contributed by atoms with Gasteiger partial charge in [-0.2, -0.15) is 0 Å². The van der Waals surface area contributed by atoms with Crippen molar-refractivity contribution < 1.29 is 18.3 Å². The maximum Gasteiger partial charge on any atom is 0.323 e. The lowest BCUT2D eigenvalue weighted by molar-refractivity contribution is -0.144. The number of benzene rings is 1. The molecule has 5 heteroatoms. The van der Waals surface area contributed by atoms with Crippen molar-refractivity contribution in [2.45, 2.75) is 39.3 Å². The summed E-state index contributed by atoms with van der Waals surface area (Å²) >= 11 is 0. The van der Waals surface area contributed by atoms with Crippen molar-refractivity contribution >= 4 is 5.97 Å². The lowest BCUT2D eigenvalue weighted by Gasteiger charge is -2.26. The molecule has 3 unspecified atom stereocenters. The van der Waals surface area contributed by atoms with Crippen LogP contribution >= 0.6 is 0 Å². The molecule has 0 fully saturated rings. The molecule has 20 heavy (non-hydrogen) atoms. The quantitative estimate of drug-likeness (QED) is 0.816. The molecule has 0 amide bonds. The molecule has 1 N–H and O–H groups in total. The van der Waals surface area contributed by atoms with E-state index < -0.39 is 17.7 Å². The standard InChI is InChI=1S/C15H21F2NO2/c1-5-9(2)14(15(19)20-4)18-10(3)11-6-7-12(16)13(17)8-11/h6-10,14,18H,5H2,1-4H3. The second kappa shape index (κ2) is 7.33. The van der Waals surface area contributed by atoms with Crippen LogP contribution in [0.5, 0.6) is 0 Å². The summed E-state index contributed by atoms with van der Waals surface area (Å²) in [6.07, 6.45) is 0.803. The van der Waals surface area contributed by atoms with Crippen molar-refractivity contribution in [3.05, 3.63) is 35.4 Å². The third-order valence-corrected chi connectivity index (χ3v) is 3.54. The highest BCUT2D eigenvalue weighted by molar-refractivity contribution is 5.76. The average molecular weight is 285 g/mol. The highest BCUT2D eigenvalue weighted by Gasteiger charge is 2.26. The van der Waals surface area contributed by atoms with Gasteiger partial charge in [0.05, 0.1) is 7.11 Å². The van der Waals surface area contributed by atoms with Crippen LogP contribution in [-0.2, 0) is 9.53 Å². The van der Waals surface area contributed by atoms with Crippen LogP contribution in [0.3, 0.4) is 0 Å². The van der Waals surface area contributed by atoms with E-state index in [1.54, 1.807) is 6.92 Å². The van der Waals surface area contributed by atoms with E-state index in [-0.39, 0.29) is 17.9 Å². The van der Waals surface area contributed by atoms with Gasteiger partial charge in [0.1, 0.15) is 6.04 Å². The van der Waals surface area contributed by atoms with Gasteiger partial charge in [0, 0.05) is 6.04 Å². The van der Waals surface area contributed by atoms with E-state index in [2.05, 4.69) is 5.32 Å². The minimum absolute atomic E-state index is 0.0789. The fourth-order valence-electron chi connectivity index (χ4n) is 1.97. The summed E-state index contributed by atoms with van der Waals surface area (Å²) in [5.74, 6) is -2.05. The summed E-state index contributed by atoms with van der Waals surface area (Å²) in [7, 11) is 1.33. The number of ether oxygens (including phenoxy) is 1. The molecule has 1 aromatic carbocycles. The van der Waals surface area contributed by atoms with E-state index in [0.717, 1.165) is 18.6 Å². The minimum atomic E-state index is -0.894. The Labute approximate surface area is 118 Å². The topological polar surface area (TPSA) is 38.3 Å². The number of rotatable bonds is 6. The van der Waals surface area contributed by atoms with E-state index in [4.69, 9.17) is 4.74 Å². The molecule has 0 aliphatic rings. The van der Waals surface area contributed by atoms with E-state index >= 15 is 0 Å². The van der Waals surface area contributed by atoms with Crippen LogP contribution in [-0.4, -0.2) is 19.1 Å². The van der Waals surface area contributed by atoms with E-state index in [1.165, 1.54) is 13.2 Å². The molecule has 0 aliphatic heterocycles. The van der Waals surface area contributed by atoms with Crippen LogP contribution in [0.15, 0.2) is 18.2 Å². The number of carbonyl (C=O) groups is 1. The SMILES string of the molecule is CCC(C)C(NC(C)c1ccc(F)c(F)c1)C(=O)OC. The highest BCUT2D eigenvalue weighted by Crippen LogP contribution is 2.19. The predicted octanol–water partition coefficient (Wildman–Crippen LogP) is 3.20. The smallest absolute Gasteiger partial charge is 0.323 e. The van der Waals surface area contributed by atoms with Gasteiger partial charge in [-0.05, 0) is 30.5 Å². The zero-order valence-electron chi connectivity index (χ0n) is 12.2. The Bertz CT molecular complexity index is 465. The van der Waals surface area contributed by atoms with Crippen LogP contribution < -0.4 is 5.32 Å². The fraction of sp³-hybridized carbons (Fsp3) is 0.533. The number of methoxy groups -OCH3 is 1. The van der Waals surface area contributed by atoms with Crippen LogP contribution in [0.4, 0.5) is 8.78 Å². The second-order valence-corrected chi connectivity index (χ2v) is 4.95. The van der Waals surface area contributed by atoms with Gasteiger partial charge < -0.3 is 4.74 Å². The Kier molecular flexibility index (Phi) is 6.07. The molecule has 3 atom stereocenters. The van der Waals surface area contributed by atoms with E-state index in [0.29, 0.717) is 5.56 Å². The monoisotopic (exact) mass is 285 g/mol. The molecule has 0 saturated heterocycles. The first-order valence-electron chi connectivity index (χ1n) is 6.69. The first kappa shape index (κ1) is 16.6. The van der Waals surface area contributed by atoms with E-state index in [1.807, 2.05) is 13.8 Å². The molecule has 0 spiro atoms. The van der Waals surface area contributed by atoms with Gasteiger partial charge in [0.2, 0.25) is 0 Å². The molecule has 0 bridgehead atoms. The predicted molar refractivity (Wildman–Crippen MR) is 73.2 cm³/mol. The zero-order valence-corrected chi connectivity index (χ0v) is 12.2. The molecule has 0 saturated carbocycles. The molecular weight excluding hydrogens is 264 g/mol. The number of hydrogen-bond acceptors (Lipinski definition) is 3. The van der Waals surface area contributed by atoms with Crippen molar-refractivity contribution in [2.75, 3.05) is 7.11 Å². The molecule has 0 radical (unpaired) electrons. The Morgan fingerprint density at radius 2 is 1.95 bits per heavy atom. The molecule has 0 aliphatic carbocycles.